The van der Waals surface area contributed by atoms with E-state index >= 15 is 0 Å². The lowest BCUT2D eigenvalue weighted by Gasteiger charge is -2.51. The van der Waals surface area contributed by atoms with E-state index in [0.29, 0.717) is 17.0 Å². The molecular formula is C17H26ClNO. The lowest BCUT2D eigenvalue weighted by molar-refractivity contribution is -0.105. The number of aliphatic hydroxyl groups is 1. The Balaban J connectivity index is 2.32. The summed E-state index contributed by atoms with van der Waals surface area (Å²) < 4.78 is 0. The van der Waals surface area contributed by atoms with Crippen LogP contribution in [-0.4, -0.2) is 11.7 Å². The van der Waals surface area contributed by atoms with E-state index in [1.54, 1.807) is 0 Å². The van der Waals surface area contributed by atoms with Crippen LogP contribution in [0.5, 0.6) is 0 Å². The summed E-state index contributed by atoms with van der Waals surface area (Å²) in [4.78, 5) is 0. The van der Waals surface area contributed by atoms with Crippen LogP contribution in [0, 0.1) is 10.8 Å². The summed E-state index contributed by atoms with van der Waals surface area (Å²) in [5, 5.41) is 11.9. The first-order valence-electron chi connectivity index (χ1n) is 7.41. The molecule has 2 rings (SSSR count). The van der Waals surface area contributed by atoms with Crippen LogP contribution >= 0.6 is 11.6 Å². The number of rotatable bonds is 3. The van der Waals surface area contributed by atoms with Gasteiger partial charge in [0.15, 0.2) is 0 Å². The number of nitrogens with two attached hydrogens (primary N) is 1. The van der Waals surface area contributed by atoms with Crippen molar-refractivity contribution in [3.05, 3.63) is 34.9 Å². The fourth-order valence-corrected chi connectivity index (χ4v) is 3.50. The maximum atomic E-state index is 11.2. The van der Waals surface area contributed by atoms with E-state index in [0.717, 1.165) is 31.2 Å². The second-order valence-electron chi connectivity index (χ2n) is 7.23. The summed E-state index contributed by atoms with van der Waals surface area (Å²) in [7, 11) is 0. The fraction of sp³-hybridized carbons (Fsp3) is 0.647. The van der Waals surface area contributed by atoms with Gasteiger partial charge in [-0.1, -0.05) is 37.6 Å². The van der Waals surface area contributed by atoms with Gasteiger partial charge in [-0.15, -0.1) is 0 Å². The molecule has 1 aliphatic rings. The number of hydrogen-bond donors (Lipinski definition) is 2. The summed E-state index contributed by atoms with van der Waals surface area (Å²) in [5.41, 5.74) is 6.21. The minimum atomic E-state index is -0.914. The van der Waals surface area contributed by atoms with E-state index in [1.807, 2.05) is 31.2 Å². The molecule has 1 aromatic rings. The van der Waals surface area contributed by atoms with Crippen molar-refractivity contribution < 1.29 is 5.11 Å². The second kappa shape index (κ2) is 5.32. The Morgan fingerprint density at radius 1 is 1.15 bits per heavy atom. The highest BCUT2D eigenvalue weighted by Gasteiger charge is 2.50. The topological polar surface area (TPSA) is 46.2 Å². The zero-order valence-electron chi connectivity index (χ0n) is 12.7. The zero-order chi connectivity index (χ0) is 15.0. The first kappa shape index (κ1) is 15.8. The average molecular weight is 296 g/mol. The van der Waals surface area contributed by atoms with Crippen LogP contribution < -0.4 is 5.73 Å². The van der Waals surface area contributed by atoms with Gasteiger partial charge in [0.1, 0.15) is 0 Å². The standard InChI is InChI=1S/C17H26ClNO/c1-15(2)8-10-17(12-19,11-9-15)16(3,20)13-4-6-14(18)7-5-13/h4-7,20H,8-12,19H2,1-3H3. The van der Waals surface area contributed by atoms with Crippen molar-refractivity contribution in [3.8, 4) is 0 Å². The first-order chi connectivity index (χ1) is 9.22. The minimum Gasteiger partial charge on any atom is -0.385 e. The molecule has 0 saturated heterocycles. The molecule has 0 heterocycles. The molecule has 0 amide bonds. The molecule has 0 aliphatic heterocycles. The molecular weight excluding hydrogens is 270 g/mol. The van der Waals surface area contributed by atoms with Crippen LogP contribution in [0.1, 0.15) is 52.0 Å². The van der Waals surface area contributed by atoms with Gasteiger partial charge in [0.25, 0.3) is 0 Å². The Labute approximate surface area is 127 Å². The lowest BCUT2D eigenvalue weighted by Crippen LogP contribution is -2.51. The molecule has 1 aliphatic carbocycles. The summed E-state index contributed by atoms with van der Waals surface area (Å²) >= 11 is 5.95. The molecule has 2 nitrogen and oxygen atoms in total. The molecule has 3 heteroatoms. The minimum absolute atomic E-state index is 0.240. The van der Waals surface area contributed by atoms with Crippen molar-refractivity contribution in [2.24, 2.45) is 16.6 Å². The summed E-state index contributed by atoms with van der Waals surface area (Å²) in [6.45, 7) is 7.01. The van der Waals surface area contributed by atoms with Crippen LogP contribution in [0.2, 0.25) is 5.02 Å². The Hall–Kier alpha value is -0.570. The molecule has 20 heavy (non-hydrogen) atoms. The highest BCUT2D eigenvalue weighted by atomic mass is 35.5. The highest BCUT2D eigenvalue weighted by Crippen LogP contribution is 2.53. The maximum absolute atomic E-state index is 11.2. The van der Waals surface area contributed by atoms with Crippen LogP contribution in [0.15, 0.2) is 24.3 Å². The van der Waals surface area contributed by atoms with E-state index in [-0.39, 0.29) is 5.41 Å². The monoisotopic (exact) mass is 295 g/mol. The second-order valence-corrected chi connectivity index (χ2v) is 7.66. The van der Waals surface area contributed by atoms with Gasteiger partial charge >= 0.3 is 0 Å². The quantitative estimate of drug-likeness (QED) is 0.882. The predicted molar refractivity (Wildman–Crippen MR) is 84.8 cm³/mol. The van der Waals surface area contributed by atoms with Crippen molar-refractivity contribution in [1.29, 1.82) is 0 Å². The van der Waals surface area contributed by atoms with Crippen LogP contribution in [-0.2, 0) is 5.60 Å². The molecule has 0 radical (unpaired) electrons. The van der Waals surface area contributed by atoms with Gasteiger partial charge in [-0.25, -0.2) is 0 Å². The van der Waals surface area contributed by atoms with Gasteiger partial charge in [0, 0.05) is 17.0 Å². The van der Waals surface area contributed by atoms with Gasteiger partial charge < -0.3 is 10.8 Å². The molecule has 1 atom stereocenters. The van der Waals surface area contributed by atoms with Crippen molar-refractivity contribution in [2.45, 2.75) is 52.1 Å². The van der Waals surface area contributed by atoms with Gasteiger partial charge in [-0.2, -0.15) is 0 Å². The third-order valence-corrected chi connectivity index (χ3v) is 5.64. The number of hydrogen-bond acceptors (Lipinski definition) is 2. The molecule has 0 aromatic heterocycles. The Kier molecular flexibility index (Phi) is 4.21. The Bertz CT molecular complexity index is 454. The number of benzene rings is 1. The van der Waals surface area contributed by atoms with Crippen molar-refractivity contribution in [1.82, 2.24) is 0 Å². The number of halogens is 1. The van der Waals surface area contributed by atoms with E-state index < -0.39 is 5.60 Å². The summed E-state index contributed by atoms with van der Waals surface area (Å²) in [6, 6.07) is 7.50. The molecule has 1 unspecified atom stereocenters. The fourth-order valence-electron chi connectivity index (χ4n) is 3.38. The normalized spacial score (nSPS) is 24.1. The van der Waals surface area contributed by atoms with E-state index in [9.17, 15) is 5.11 Å². The molecule has 1 saturated carbocycles. The summed E-state index contributed by atoms with van der Waals surface area (Å²) in [5.74, 6) is 0. The molecule has 3 N–H and O–H groups in total. The van der Waals surface area contributed by atoms with Crippen molar-refractivity contribution >= 4 is 11.6 Å². The third-order valence-electron chi connectivity index (χ3n) is 5.39. The SMILES string of the molecule is CC1(C)CCC(CN)(C(C)(O)c2ccc(Cl)cc2)CC1. The molecule has 0 spiro atoms. The highest BCUT2D eigenvalue weighted by molar-refractivity contribution is 6.30. The first-order valence-corrected chi connectivity index (χ1v) is 7.79. The van der Waals surface area contributed by atoms with Gasteiger partial charge in [-0.3, -0.25) is 0 Å². The van der Waals surface area contributed by atoms with Gasteiger partial charge in [-0.05, 0) is 55.7 Å². The smallest absolute Gasteiger partial charge is 0.0936 e. The Morgan fingerprint density at radius 2 is 1.65 bits per heavy atom. The van der Waals surface area contributed by atoms with Crippen molar-refractivity contribution in [2.75, 3.05) is 6.54 Å². The van der Waals surface area contributed by atoms with Gasteiger partial charge in [0.05, 0.1) is 5.60 Å². The average Bonchev–Trinajstić information content (AvgIpc) is 2.39. The van der Waals surface area contributed by atoms with Crippen LogP contribution in [0.4, 0.5) is 0 Å². The third kappa shape index (κ3) is 2.74. The molecule has 0 bridgehead atoms. The van der Waals surface area contributed by atoms with E-state index in [2.05, 4.69) is 13.8 Å². The maximum Gasteiger partial charge on any atom is 0.0936 e. The van der Waals surface area contributed by atoms with Gasteiger partial charge in [0.2, 0.25) is 0 Å². The van der Waals surface area contributed by atoms with E-state index in [1.165, 1.54) is 0 Å². The molecule has 1 aromatic carbocycles. The molecule has 1 fully saturated rings. The predicted octanol–water partition coefficient (Wildman–Crippen LogP) is 4.09. The van der Waals surface area contributed by atoms with Crippen LogP contribution in [0.25, 0.3) is 0 Å². The van der Waals surface area contributed by atoms with Crippen molar-refractivity contribution in [3.63, 3.8) is 0 Å². The zero-order valence-corrected chi connectivity index (χ0v) is 13.5. The largest absolute Gasteiger partial charge is 0.385 e. The molecule has 112 valence electrons. The van der Waals surface area contributed by atoms with Crippen LogP contribution in [0.3, 0.4) is 0 Å². The summed E-state index contributed by atoms with van der Waals surface area (Å²) in [6.07, 6.45) is 4.14. The Morgan fingerprint density at radius 3 is 2.10 bits per heavy atom. The lowest BCUT2D eigenvalue weighted by atomic mass is 9.57. The van der Waals surface area contributed by atoms with E-state index in [4.69, 9.17) is 17.3 Å².